The lowest BCUT2D eigenvalue weighted by atomic mass is 10.2. The molecule has 0 fully saturated rings. The van der Waals surface area contributed by atoms with Crippen LogP contribution >= 0.6 is 7.60 Å². The molecule has 1 atom stereocenters. The highest BCUT2D eigenvalue weighted by molar-refractivity contribution is 7.54. The van der Waals surface area contributed by atoms with Crippen molar-refractivity contribution < 1.29 is 32.6 Å². The minimum absolute atomic E-state index is 0.151. The predicted molar refractivity (Wildman–Crippen MR) is 80.3 cm³/mol. The molecule has 0 aliphatic heterocycles. The van der Waals surface area contributed by atoms with Gasteiger partial charge < -0.3 is 18.9 Å². The van der Waals surface area contributed by atoms with Crippen LogP contribution in [0.4, 0.5) is 9.18 Å². The Morgan fingerprint density at radius 2 is 1.82 bits per heavy atom. The second-order valence-corrected chi connectivity index (χ2v) is 7.35. The first kappa shape index (κ1) is 21.0. The van der Waals surface area contributed by atoms with Crippen LogP contribution in [0.2, 0.25) is 0 Å². The van der Waals surface area contributed by atoms with Gasteiger partial charge in [-0.3, -0.25) is 9.88 Å². The molecule has 130 valence electrons. The molecule has 0 aromatic rings. The van der Waals surface area contributed by atoms with E-state index in [0.717, 1.165) is 6.08 Å². The van der Waals surface area contributed by atoms with Gasteiger partial charge in [0.25, 0.3) is 0 Å². The summed E-state index contributed by atoms with van der Waals surface area (Å²) < 4.78 is 40.4. The van der Waals surface area contributed by atoms with Crippen LogP contribution in [0.1, 0.15) is 34.6 Å². The number of allylic oxidation sites excluding steroid dienone is 1. The van der Waals surface area contributed by atoms with Crippen molar-refractivity contribution >= 4 is 13.7 Å². The van der Waals surface area contributed by atoms with E-state index in [1.54, 1.807) is 34.6 Å². The zero-order chi connectivity index (χ0) is 17.4. The Balaban J connectivity index is 4.94. The van der Waals surface area contributed by atoms with Gasteiger partial charge in [0.2, 0.25) is 6.36 Å². The van der Waals surface area contributed by atoms with Crippen molar-refractivity contribution in [1.29, 1.82) is 0 Å². The topological polar surface area (TPSA) is 94.1 Å². The lowest BCUT2D eigenvalue weighted by Crippen LogP contribution is -2.34. The van der Waals surface area contributed by atoms with E-state index in [0.29, 0.717) is 0 Å². The van der Waals surface area contributed by atoms with Crippen molar-refractivity contribution in [2.75, 3.05) is 19.4 Å². The first-order chi connectivity index (χ1) is 10.0. The number of hydrogen-bond donors (Lipinski definition) is 2. The molecule has 1 amide bonds. The number of nitrogens with one attached hydrogen (secondary N) is 1. The second kappa shape index (κ2) is 9.25. The lowest BCUT2D eigenvalue weighted by molar-refractivity contribution is 0.0425. The fraction of sp³-hybridized carbons (Fsp3) is 0.769. The molecule has 0 aliphatic carbocycles. The molecule has 0 saturated heterocycles. The zero-order valence-electron chi connectivity index (χ0n) is 13.6. The van der Waals surface area contributed by atoms with E-state index in [2.05, 4.69) is 5.32 Å². The number of rotatable bonds is 8. The molecule has 0 spiro atoms. The minimum Gasteiger partial charge on any atom is -0.444 e. The molecular formula is C13H25FNO6P. The molecule has 9 heteroatoms. The molecule has 0 rings (SSSR count). The summed E-state index contributed by atoms with van der Waals surface area (Å²) in [6, 6.07) is 0. The van der Waals surface area contributed by atoms with Gasteiger partial charge in [0.05, 0.1) is 25.1 Å². The number of ether oxygens (including phenoxy) is 1. The number of halogens is 1. The molecule has 0 radical (unpaired) electrons. The SMILES string of the molecule is CCOP(=O)(CC=C(NC(=O)OC(C)(C)C)C(O)F)OCC. The van der Waals surface area contributed by atoms with Crippen LogP contribution in [0.25, 0.3) is 0 Å². The summed E-state index contributed by atoms with van der Waals surface area (Å²) in [5.41, 5.74) is -1.25. The molecule has 22 heavy (non-hydrogen) atoms. The summed E-state index contributed by atoms with van der Waals surface area (Å²) in [4.78, 5) is 11.6. The van der Waals surface area contributed by atoms with E-state index in [4.69, 9.17) is 18.9 Å². The van der Waals surface area contributed by atoms with Crippen LogP contribution < -0.4 is 5.32 Å². The maximum Gasteiger partial charge on any atom is 0.412 e. The molecule has 0 aromatic heterocycles. The Labute approximate surface area is 130 Å². The highest BCUT2D eigenvalue weighted by Gasteiger charge is 2.24. The maximum atomic E-state index is 13.2. The lowest BCUT2D eigenvalue weighted by Gasteiger charge is -2.21. The molecule has 2 N–H and O–H groups in total. The molecule has 0 aliphatic rings. The number of alkyl halides is 1. The Hall–Kier alpha value is -0.950. The van der Waals surface area contributed by atoms with Gasteiger partial charge in [-0.05, 0) is 40.7 Å². The second-order valence-electron chi connectivity index (χ2n) is 5.25. The van der Waals surface area contributed by atoms with Gasteiger partial charge in [0.1, 0.15) is 5.60 Å². The summed E-state index contributed by atoms with van der Waals surface area (Å²) in [6.45, 7) is 8.50. The Morgan fingerprint density at radius 1 is 1.32 bits per heavy atom. The van der Waals surface area contributed by atoms with Gasteiger partial charge in [-0.1, -0.05) is 0 Å². The molecule has 0 saturated carbocycles. The van der Waals surface area contributed by atoms with Gasteiger partial charge in [-0.15, -0.1) is 0 Å². The Bertz CT molecular complexity index is 423. The van der Waals surface area contributed by atoms with Gasteiger partial charge in [0, 0.05) is 0 Å². The largest absolute Gasteiger partial charge is 0.444 e. The van der Waals surface area contributed by atoms with E-state index < -0.39 is 31.3 Å². The van der Waals surface area contributed by atoms with Crippen LogP contribution in [0.3, 0.4) is 0 Å². The monoisotopic (exact) mass is 341 g/mol. The molecular weight excluding hydrogens is 316 g/mol. The molecule has 0 aromatic carbocycles. The van der Waals surface area contributed by atoms with Gasteiger partial charge in [-0.25, -0.2) is 9.18 Å². The number of alkyl carbamates (subject to hydrolysis) is 1. The van der Waals surface area contributed by atoms with Crippen LogP contribution in [0.15, 0.2) is 11.8 Å². The van der Waals surface area contributed by atoms with Crippen molar-refractivity contribution in [3.8, 4) is 0 Å². The average Bonchev–Trinajstić information content (AvgIpc) is 2.32. The number of aliphatic hydroxyl groups is 1. The first-order valence-corrected chi connectivity index (χ1v) is 8.66. The van der Waals surface area contributed by atoms with E-state index >= 15 is 0 Å². The van der Waals surface area contributed by atoms with E-state index in [1.807, 2.05) is 0 Å². The number of amides is 1. The predicted octanol–water partition coefficient (Wildman–Crippen LogP) is 2.95. The van der Waals surface area contributed by atoms with E-state index in [-0.39, 0.29) is 19.4 Å². The summed E-state index contributed by atoms with van der Waals surface area (Å²) in [5.74, 6) is 0. The Morgan fingerprint density at radius 3 is 2.18 bits per heavy atom. The smallest absolute Gasteiger partial charge is 0.412 e. The highest BCUT2D eigenvalue weighted by atomic mass is 31.2. The third kappa shape index (κ3) is 9.15. The Kier molecular flexibility index (Phi) is 8.85. The number of carbonyl (C=O) groups is 1. The van der Waals surface area contributed by atoms with Crippen molar-refractivity contribution in [2.24, 2.45) is 0 Å². The average molecular weight is 341 g/mol. The highest BCUT2D eigenvalue weighted by Crippen LogP contribution is 2.48. The van der Waals surface area contributed by atoms with Crippen LogP contribution in [-0.2, 0) is 18.3 Å². The van der Waals surface area contributed by atoms with Gasteiger partial charge in [0.15, 0.2) is 0 Å². The van der Waals surface area contributed by atoms with Crippen LogP contribution in [0, 0.1) is 0 Å². The van der Waals surface area contributed by atoms with E-state index in [1.165, 1.54) is 0 Å². The molecule has 0 bridgehead atoms. The van der Waals surface area contributed by atoms with Crippen molar-refractivity contribution in [1.82, 2.24) is 5.32 Å². The van der Waals surface area contributed by atoms with Crippen molar-refractivity contribution in [2.45, 2.75) is 46.6 Å². The van der Waals surface area contributed by atoms with Crippen LogP contribution in [-0.4, -0.2) is 42.5 Å². The summed E-state index contributed by atoms with van der Waals surface area (Å²) in [5, 5.41) is 11.1. The van der Waals surface area contributed by atoms with Gasteiger partial charge in [-0.2, -0.15) is 0 Å². The fourth-order valence-corrected chi connectivity index (χ4v) is 2.87. The molecule has 1 unspecified atom stereocenters. The van der Waals surface area contributed by atoms with Crippen LogP contribution in [0.5, 0.6) is 0 Å². The minimum atomic E-state index is -3.44. The summed E-state index contributed by atoms with van der Waals surface area (Å²) >= 11 is 0. The quantitative estimate of drug-likeness (QED) is 0.659. The van der Waals surface area contributed by atoms with Crippen molar-refractivity contribution in [3.05, 3.63) is 11.8 Å². The third-order valence-electron chi connectivity index (χ3n) is 2.09. The number of hydrogen-bond acceptors (Lipinski definition) is 6. The van der Waals surface area contributed by atoms with Gasteiger partial charge >= 0.3 is 13.7 Å². The number of aliphatic hydroxyl groups excluding tert-OH is 1. The third-order valence-corrected chi connectivity index (χ3v) is 4.02. The normalized spacial score (nSPS) is 14.6. The van der Waals surface area contributed by atoms with E-state index in [9.17, 15) is 13.8 Å². The summed E-state index contributed by atoms with van der Waals surface area (Å²) in [7, 11) is -3.44. The first-order valence-electron chi connectivity index (χ1n) is 6.93. The molecule has 0 heterocycles. The fourth-order valence-electron chi connectivity index (χ4n) is 1.38. The zero-order valence-corrected chi connectivity index (χ0v) is 14.5. The summed E-state index contributed by atoms with van der Waals surface area (Å²) in [6.07, 6.45) is -2.62. The van der Waals surface area contributed by atoms with Crippen molar-refractivity contribution in [3.63, 3.8) is 0 Å². The maximum absolute atomic E-state index is 13.2. The number of carbonyl (C=O) groups excluding carboxylic acids is 1. The standard InChI is InChI=1S/C13H25FNO6P/c1-6-19-22(18,20-7-2)9-8-10(11(14)16)15-12(17)21-13(3,4)5/h8,11,16H,6-7,9H2,1-5H3,(H,15,17). The molecule has 7 nitrogen and oxygen atoms in total.